The number of aliphatic carboxylic acids is 1. The molecule has 1 aromatic rings. The van der Waals surface area contributed by atoms with Crippen LogP contribution in [0.1, 0.15) is 44.1 Å². The van der Waals surface area contributed by atoms with Crippen LogP contribution in [0.2, 0.25) is 0 Å². The molecule has 4 atom stereocenters. The van der Waals surface area contributed by atoms with Crippen molar-refractivity contribution >= 4 is 35.6 Å². The van der Waals surface area contributed by atoms with Gasteiger partial charge in [-0.3, -0.25) is 24.2 Å². The Morgan fingerprint density at radius 2 is 1.59 bits per heavy atom. The molecule has 1 fully saturated rings. The first-order valence-corrected chi connectivity index (χ1v) is 12.8. The van der Waals surface area contributed by atoms with Crippen molar-refractivity contribution in [1.29, 1.82) is 0 Å². The quantitative estimate of drug-likeness (QED) is 0.0638. The number of primary amides is 1. The van der Waals surface area contributed by atoms with E-state index < -0.39 is 47.9 Å². The monoisotopic (exact) mass is 546 g/mol. The molecule has 0 saturated carbocycles. The second kappa shape index (κ2) is 15.9. The third kappa shape index (κ3) is 11.4. The molecular weight excluding hydrogens is 508 g/mol. The number of hydrogen-bond donors (Lipinski definition) is 8. The fourth-order valence-electron chi connectivity index (χ4n) is 4.10. The Bertz CT molecular complexity index is 1020. The van der Waals surface area contributed by atoms with E-state index in [0.717, 1.165) is 6.42 Å². The Balaban J connectivity index is 2.14. The van der Waals surface area contributed by atoms with Gasteiger partial charge in [0, 0.05) is 19.4 Å². The van der Waals surface area contributed by atoms with Crippen molar-refractivity contribution in [3.8, 4) is 0 Å². The van der Waals surface area contributed by atoms with Crippen molar-refractivity contribution in [3.05, 3.63) is 35.9 Å². The number of carbonyl (C=O) groups is 5. The summed E-state index contributed by atoms with van der Waals surface area (Å²) in [6.45, 7) is 0.900. The second-order valence-corrected chi connectivity index (χ2v) is 9.31. The summed E-state index contributed by atoms with van der Waals surface area (Å²) in [4.78, 5) is 66.2. The molecule has 0 bridgehead atoms. The van der Waals surface area contributed by atoms with E-state index in [9.17, 15) is 29.1 Å². The Morgan fingerprint density at radius 1 is 0.949 bits per heavy atom. The molecule has 14 heteroatoms. The molecule has 214 valence electrons. The average molecular weight is 547 g/mol. The number of carboxylic acid groups (broad SMARTS) is 1. The molecule has 4 unspecified atom stereocenters. The Labute approximate surface area is 226 Å². The van der Waals surface area contributed by atoms with Crippen molar-refractivity contribution in [2.75, 3.05) is 13.1 Å². The number of carboxylic acids is 1. The van der Waals surface area contributed by atoms with Gasteiger partial charge in [0.15, 0.2) is 5.96 Å². The third-order valence-electron chi connectivity index (χ3n) is 6.16. The molecular formula is C25H38N8O6. The summed E-state index contributed by atoms with van der Waals surface area (Å²) in [5.74, 6) is -3.90. The standard InChI is InChI=1S/C25H38N8O6/c26-20(34)11-10-18(23(37)33-19(24(38)39)14-15-6-2-1-3-7-15)32-22(36)17(9-5-13-30-25(27)28)31-21(35)16-8-4-12-29-16/h1-3,6-7,16-19,29H,4-5,8-14H2,(H2,26,34)(H,31,35)(H,32,36)(H,33,37)(H,38,39)(H4,27,28,30). The smallest absolute Gasteiger partial charge is 0.326 e. The maximum atomic E-state index is 13.2. The maximum Gasteiger partial charge on any atom is 0.326 e. The van der Waals surface area contributed by atoms with Crippen LogP contribution in [-0.4, -0.2) is 77.9 Å². The molecule has 0 aliphatic carbocycles. The van der Waals surface area contributed by atoms with Crippen LogP contribution in [-0.2, 0) is 30.4 Å². The van der Waals surface area contributed by atoms with Gasteiger partial charge < -0.3 is 43.6 Å². The fourth-order valence-corrected chi connectivity index (χ4v) is 4.10. The van der Waals surface area contributed by atoms with Gasteiger partial charge in [-0.05, 0) is 44.2 Å². The number of rotatable bonds is 16. The first kappa shape index (κ1) is 31.0. The normalized spacial score (nSPS) is 16.8. The van der Waals surface area contributed by atoms with Crippen LogP contribution >= 0.6 is 0 Å². The Kier molecular flexibility index (Phi) is 12.7. The third-order valence-corrected chi connectivity index (χ3v) is 6.16. The molecule has 1 aliphatic heterocycles. The van der Waals surface area contributed by atoms with Gasteiger partial charge in [-0.25, -0.2) is 4.79 Å². The van der Waals surface area contributed by atoms with Crippen molar-refractivity contribution in [3.63, 3.8) is 0 Å². The summed E-state index contributed by atoms with van der Waals surface area (Å²) in [6, 6.07) is 4.69. The summed E-state index contributed by atoms with van der Waals surface area (Å²) in [7, 11) is 0. The first-order valence-electron chi connectivity index (χ1n) is 12.8. The van der Waals surface area contributed by atoms with Gasteiger partial charge >= 0.3 is 5.97 Å². The highest BCUT2D eigenvalue weighted by atomic mass is 16.4. The number of carbonyl (C=O) groups excluding carboxylic acids is 4. The van der Waals surface area contributed by atoms with Crippen molar-refractivity contribution in [2.45, 2.75) is 69.1 Å². The molecule has 2 rings (SSSR count). The number of benzene rings is 1. The predicted molar refractivity (Wildman–Crippen MR) is 143 cm³/mol. The number of hydrogen-bond acceptors (Lipinski definition) is 7. The van der Waals surface area contributed by atoms with Crippen LogP contribution in [0, 0.1) is 0 Å². The van der Waals surface area contributed by atoms with Crippen LogP contribution in [0.4, 0.5) is 0 Å². The zero-order valence-corrected chi connectivity index (χ0v) is 21.7. The van der Waals surface area contributed by atoms with Gasteiger partial charge in [0.1, 0.15) is 18.1 Å². The lowest BCUT2D eigenvalue weighted by molar-refractivity contribution is -0.142. The molecule has 0 spiro atoms. The van der Waals surface area contributed by atoms with Gasteiger partial charge in [-0.2, -0.15) is 0 Å². The van der Waals surface area contributed by atoms with E-state index in [-0.39, 0.29) is 44.1 Å². The van der Waals surface area contributed by atoms with Gasteiger partial charge in [-0.15, -0.1) is 0 Å². The van der Waals surface area contributed by atoms with E-state index in [2.05, 4.69) is 26.3 Å². The molecule has 0 aromatic heterocycles. The molecule has 39 heavy (non-hydrogen) atoms. The van der Waals surface area contributed by atoms with Crippen molar-refractivity contribution in [2.24, 2.45) is 22.2 Å². The second-order valence-electron chi connectivity index (χ2n) is 9.31. The number of amides is 4. The lowest BCUT2D eigenvalue weighted by Crippen LogP contribution is -2.57. The van der Waals surface area contributed by atoms with Crippen LogP contribution < -0.4 is 38.5 Å². The lowest BCUT2D eigenvalue weighted by Gasteiger charge is -2.25. The van der Waals surface area contributed by atoms with Crippen LogP contribution in [0.15, 0.2) is 35.3 Å². The SMILES string of the molecule is NC(=O)CCC(NC(=O)C(CCCN=C(N)N)NC(=O)C1CCCN1)C(=O)NC(Cc1ccccc1)C(=O)O. The number of nitrogens with zero attached hydrogens (tertiary/aromatic N) is 1. The highest BCUT2D eigenvalue weighted by Gasteiger charge is 2.31. The lowest BCUT2D eigenvalue weighted by atomic mass is 10.0. The molecule has 1 aromatic carbocycles. The van der Waals surface area contributed by atoms with Crippen molar-refractivity contribution < 1.29 is 29.1 Å². The van der Waals surface area contributed by atoms with E-state index >= 15 is 0 Å². The van der Waals surface area contributed by atoms with E-state index in [1.807, 2.05) is 0 Å². The molecule has 0 radical (unpaired) electrons. The average Bonchev–Trinajstić information content (AvgIpc) is 3.43. The molecule has 1 saturated heterocycles. The summed E-state index contributed by atoms with van der Waals surface area (Å²) in [6.07, 6.45) is 1.57. The molecule has 11 N–H and O–H groups in total. The van der Waals surface area contributed by atoms with E-state index in [0.29, 0.717) is 24.9 Å². The number of nitrogens with two attached hydrogens (primary N) is 3. The molecule has 1 heterocycles. The number of aliphatic imine (C=N–C) groups is 1. The molecule has 1 aliphatic rings. The zero-order valence-electron chi connectivity index (χ0n) is 21.7. The van der Waals surface area contributed by atoms with E-state index in [1.165, 1.54) is 0 Å². The summed E-state index contributed by atoms with van der Waals surface area (Å²) in [5, 5.41) is 20.4. The first-order chi connectivity index (χ1) is 18.6. The van der Waals surface area contributed by atoms with E-state index in [4.69, 9.17) is 17.2 Å². The number of nitrogens with one attached hydrogen (secondary N) is 4. The topological polar surface area (TPSA) is 244 Å². The van der Waals surface area contributed by atoms with Crippen molar-refractivity contribution in [1.82, 2.24) is 21.3 Å². The zero-order chi connectivity index (χ0) is 28.8. The minimum absolute atomic E-state index is 0.0102. The Morgan fingerprint density at radius 3 is 2.15 bits per heavy atom. The van der Waals surface area contributed by atoms with E-state index in [1.54, 1.807) is 30.3 Å². The minimum Gasteiger partial charge on any atom is -0.480 e. The highest BCUT2D eigenvalue weighted by Crippen LogP contribution is 2.09. The summed E-state index contributed by atoms with van der Waals surface area (Å²) < 4.78 is 0. The Hall–Kier alpha value is -4.20. The number of guanidine groups is 1. The van der Waals surface area contributed by atoms with Crippen LogP contribution in [0.5, 0.6) is 0 Å². The van der Waals surface area contributed by atoms with Gasteiger partial charge in [0.05, 0.1) is 6.04 Å². The predicted octanol–water partition coefficient (Wildman–Crippen LogP) is -2.16. The summed E-state index contributed by atoms with van der Waals surface area (Å²) >= 11 is 0. The molecule has 14 nitrogen and oxygen atoms in total. The highest BCUT2D eigenvalue weighted by molar-refractivity contribution is 5.94. The fraction of sp³-hybridized carbons (Fsp3) is 0.520. The minimum atomic E-state index is -1.28. The van der Waals surface area contributed by atoms with Crippen LogP contribution in [0.3, 0.4) is 0 Å². The van der Waals surface area contributed by atoms with Gasteiger partial charge in [0.2, 0.25) is 23.6 Å². The summed E-state index contributed by atoms with van der Waals surface area (Å²) in [5.41, 5.74) is 16.6. The maximum absolute atomic E-state index is 13.2. The van der Waals surface area contributed by atoms with Gasteiger partial charge in [-0.1, -0.05) is 30.3 Å². The largest absolute Gasteiger partial charge is 0.480 e. The molecule has 4 amide bonds. The van der Waals surface area contributed by atoms with Gasteiger partial charge in [0.25, 0.3) is 0 Å². The van der Waals surface area contributed by atoms with Crippen LogP contribution in [0.25, 0.3) is 0 Å².